The van der Waals surface area contributed by atoms with E-state index in [-0.39, 0.29) is 11.7 Å². The molecule has 0 aromatic heterocycles. The first-order valence-electron chi connectivity index (χ1n) is 8.37. The van der Waals surface area contributed by atoms with Crippen molar-refractivity contribution < 1.29 is 9.59 Å². The fourth-order valence-electron chi connectivity index (χ4n) is 2.78. The first-order chi connectivity index (χ1) is 10.2. The molecule has 1 aliphatic carbocycles. The molecule has 0 fully saturated rings. The van der Waals surface area contributed by atoms with E-state index in [1.165, 1.54) is 12.8 Å². The Labute approximate surface area is 129 Å². The average Bonchev–Trinajstić information content (AvgIpc) is 2.46. The summed E-state index contributed by atoms with van der Waals surface area (Å²) >= 11 is 0. The van der Waals surface area contributed by atoms with Crippen LogP contribution in [-0.4, -0.2) is 11.6 Å². The second-order valence-corrected chi connectivity index (χ2v) is 5.97. The van der Waals surface area contributed by atoms with Crippen LogP contribution in [0.1, 0.15) is 77.0 Å². The number of carbonyl (C=O) groups excluding carboxylic acids is 2. The Morgan fingerprint density at radius 3 is 2.48 bits per heavy atom. The fourth-order valence-corrected chi connectivity index (χ4v) is 2.78. The fraction of sp³-hybridized carbons (Fsp3) is 0.684. The summed E-state index contributed by atoms with van der Waals surface area (Å²) in [5, 5.41) is 0. The van der Waals surface area contributed by atoms with Crippen LogP contribution in [0, 0.1) is 18.3 Å². The van der Waals surface area contributed by atoms with Gasteiger partial charge in [0.25, 0.3) is 0 Å². The Balaban J connectivity index is 2.52. The van der Waals surface area contributed by atoms with Crippen molar-refractivity contribution in [2.45, 2.75) is 77.0 Å². The third-order valence-electron chi connectivity index (χ3n) is 4.12. The van der Waals surface area contributed by atoms with Gasteiger partial charge in [0.05, 0.1) is 0 Å². The number of ketones is 2. The smallest absolute Gasteiger partial charge is 0.136 e. The summed E-state index contributed by atoms with van der Waals surface area (Å²) in [5.74, 6) is 3.14. The highest BCUT2D eigenvalue weighted by Gasteiger charge is 2.16. The van der Waals surface area contributed by atoms with Crippen LogP contribution >= 0.6 is 0 Å². The first-order valence-corrected chi connectivity index (χ1v) is 8.37. The minimum Gasteiger partial charge on any atom is -0.300 e. The summed E-state index contributed by atoms with van der Waals surface area (Å²) in [6, 6.07) is 0. The van der Waals surface area contributed by atoms with E-state index in [4.69, 9.17) is 6.42 Å². The molecule has 0 radical (unpaired) electrons. The Bertz CT molecular complexity index is 387. The zero-order valence-corrected chi connectivity index (χ0v) is 13.1. The molecule has 0 amide bonds. The van der Waals surface area contributed by atoms with Gasteiger partial charge < -0.3 is 0 Å². The number of hydrogen-bond acceptors (Lipinski definition) is 2. The SMILES string of the molecule is C#CCC1CCC=CCCCCCCC(=O)CCCC1=O. The summed E-state index contributed by atoms with van der Waals surface area (Å²) < 4.78 is 0. The van der Waals surface area contributed by atoms with Crippen molar-refractivity contribution in [3.63, 3.8) is 0 Å². The highest BCUT2D eigenvalue weighted by atomic mass is 16.1. The first kappa shape index (κ1) is 17.7. The highest BCUT2D eigenvalue weighted by molar-refractivity contribution is 5.82. The summed E-state index contributed by atoms with van der Waals surface area (Å²) in [4.78, 5) is 23.9. The lowest BCUT2D eigenvalue weighted by molar-refractivity contribution is -0.123. The van der Waals surface area contributed by atoms with Crippen LogP contribution in [0.15, 0.2) is 12.2 Å². The molecule has 1 rings (SSSR count). The summed E-state index contributed by atoms with van der Waals surface area (Å²) in [7, 11) is 0. The molecule has 0 aliphatic heterocycles. The molecule has 0 spiro atoms. The van der Waals surface area contributed by atoms with Gasteiger partial charge in [-0.3, -0.25) is 9.59 Å². The third kappa shape index (κ3) is 8.50. The minimum atomic E-state index is -0.0253. The Morgan fingerprint density at radius 2 is 1.67 bits per heavy atom. The predicted molar refractivity (Wildman–Crippen MR) is 86.9 cm³/mol. The van der Waals surface area contributed by atoms with E-state index in [1.807, 2.05) is 0 Å². The van der Waals surface area contributed by atoms with Gasteiger partial charge in [-0.25, -0.2) is 0 Å². The maximum Gasteiger partial charge on any atom is 0.136 e. The summed E-state index contributed by atoms with van der Waals surface area (Å²) in [6.07, 6.45) is 20.1. The summed E-state index contributed by atoms with van der Waals surface area (Å²) in [6.45, 7) is 0. The number of terminal acetylenes is 1. The number of carbonyl (C=O) groups is 2. The van der Waals surface area contributed by atoms with Gasteiger partial charge in [0.1, 0.15) is 11.6 Å². The molecule has 2 heteroatoms. The van der Waals surface area contributed by atoms with Gasteiger partial charge in [-0.05, 0) is 38.5 Å². The largest absolute Gasteiger partial charge is 0.300 e. The van der Waals surface area contributed by atoms with Crippen molar-refractivity contribution in [1.82, 2.24) is 0 Å². The van der Waals surface area contributed by atoms with Crippen LogP contribution in [0.3, 0.4) is 0 Å². The molecule has 0 bridgehead atoms. The second-order valence-electron chi connectivity index (χ2n) is 5.97. The molecule has 1 atom stereocenters. The van der Waals surface area contributed by atoms with E-state index in [1.54, 1.807) is 0 Å². The van der Waals surface area contributed by atoms with Crippen LogP contribution in [0.4, 0.5) is 0 Å². The molecule has 0 saturated heterocycles. The van der Waals surface area contributed by atoms with Crippen molar-refractivity contribution in [2.24, 2.45) is 5.92 Å². The average molecular weight is 288 g/mol. The predicted octanol–water partition coefficient (Wildman–Crippen LogP) is 4.63. The lowest BCUT2D eigenvalue weighted by atomic mass is 9.91. The van der Waals surface area contributed by atoms with E-state index in [0.717, 1.165) is 32.1 Å². The van der Waals surface area contributed by atoms with Crippen molar-refractivity contribution in [2.75, 3.05) is 0 Å². The molecule has 21 heavy (non-hydrogen) atoms. The van der Waals surface area contributed by atoms with E-state index in [0.29, 0.717) is 37.9 Å². The Morgan fingerprint density at radius 1 is 0.952 bits per heavy atom. The Kier molecular flexibility index (Phi) is 9.53. The zero-order valence-electron chi connectivity index (χ0n) is 13.1. The molecule has 116 valence electrons. The molecular weight excluding hydrogens is 260 g/mol. The highest BCUT2D eigenvalue weighted by Crippen LogP contribution is 2.17. The molecule has 0 aromatic rings. The van der Waals surface area contributed by atoms with Gasteiger partial charge in [0.15, 0.2) is 0 Å². The quantitative estimate of drug-likeness (QED) is 0.521. The van der Waals surface area contributed by atoms with E-state index >= 15 is 0 Å². The standard InChI is InChI=1S/C19H28O2/c1-2-12-17-13-9-7-5-3-4-6-8-10-14-18(20)15-11-16-19(17)21/h1,5,7,17H,3-4,6,8-16H2. The van der Waals surface area contributed by atoms with Gasteiger partial charge in [0.2, 0.25) is 0 Å². The van der Waals surface area contributed by atoms with E-state index in [9.17, 15) is 9.59 Å². The van der Waals surface area contributed by atoms with Crippen LogP contribution in [0.5, 0.6) is 0 Å². The Hall–Kier alpha value is -1.36. The molecular formula is C19H28O2. The van der Waals surface area contributed by atoms with Gasteiger partial charge in [-0.15, -0.1) is 12.3 Å². The minimum absolute atomic E-state index is 0.0253. The lowest BCUT2D eigenvalue weighted by Crippen LogP contribution is -2.14. The third-order valence-corrected chi connectivity index (χ3v) is 4.12. The van der Waals surface area contributed by atoms with Gasteiger partial charge in [0, 0.05) is 31.6 Å². The maximum absolute atomic E-state index is 12.2. The lowest BCUT2D eigenvalue weighted by Gasteiger charge is -2.12. The maximum atomic E-state index is 12.2. The van der Waals surface area contributed by atoms with Gasteiger partial charge in [-0.1, -0.05) is 25.0 Å². The monoisotopic (exact) mass is 288 g/mol. The molecule has 2 nitrogen and oxygen atoms in total. The van der Waals surface area contributed by atoms with E-state index in [2.05, 4.69) is 18.1 Å². The second kappa shape index (κ2) is 11.3. The molecule has 0 saturated carbocycles. The molecule has 0 N–H and O–H groups in total. The molecule has 1 aliphatic rings. The van der Waals surface area contributed by atoms with Crippen LogP contribution < -0.4 is 0 Å². The van der Waals surface area contributed by atoms with Crippen molar-refractivity contribution in [3.05, 3.63) is 12.2 Å². The van der Waals surface area contributed by atoms with E-state index < -0.39 is 0 Å². The van der Waals surface area contributed by atoms with Gasteiger partial charge in [-0.2, -0.15) is 0 Å². The van der Waals surface area contributed by atoms with Crippen LogP contribution in [0.2, 0.25) is 0 Å². The van der Waals surface area contributed by atoms with Crippen LogP contribution in [-0.2, 0) is 9.59 Å². The van der Waals surface area contributed by atoms with Gasteiger partial charge >= 0.3 is 0 Å². The van der Waals surface area contributed by atoms with Crippen LogP contribution in [0.25, 0.3) is 0 Å². The molecule has 0 aromatic carbocycles. The van der Waals surface area contributed by atoms with Crippen molar-refractivity contribution in [1.29, 1.82) is 0 Å². The number of rotatable bonds is 1. The molecule has 0 heterocycles. The molecule has 1 unspecified atom stereocenters. The normalized spacial score (nSPS) is 23.7. The topological polar surface area (TPSA) is 34.1 Å². The van der Waals surface area contributed by atoms with Crippen molar-refractivity contribution in [3.8, 4) is 12.3 Å². The number of allylic oxidation sites excluding steroid dienone is 2. The summed E-state index contributed by atoms with van der Waals surface area (Å²) in [5.41, 5.74) is 0. The number of Topliss-reactive ketones (excluding diaryl/α,β-unsaturated/α-hetero) is 2. The van der Waals surface area contributed by atoms with Crippen molar-refractivity contribution >= 4 is 11.6 Å². The zero-order chi connectivity index (χ0) is 15.3. The number of hydrogen-bond donors (Lipinski definition) is 0.